The molecule has 4 aromatic carbocycles. The van der Waals surface area contributed by atoms with E-state index in [2.05, 4.69) is 22.8 Å². The molecular weight excluding hydrogens is 719 g/mol. The van der Waals surface area contributed by atoms with Crippen LogP contribution >= 0.6 is 23.2 Å². The number of nitrogens with zero attached hydrogens (tertiary/aromatic N) is 4. The lowest BCUT2D eigenvalue weighted by molar-refractivity contribution is 0.0920. The summed E-state index contributed by atoms with van der Waals surface area (Å²) in [6.45, 7) is 6.24. The number of fused-ring (bicyclic) bond motifs is 6. The van der Waals surface area contributed by atoms with Crippen LogP contribution in [0.3, 0.4) is 0 Å². The Labute approximate surface area is 309 Å². The molecule has 52 heavy (non-hydrogen) atoms. The number of carbonyl (C=O) groups is 2. The molecular formula is C39H30Cl2N6O4S. The molecule has 0 atom stereocenters. The maximum absolute atomic E-state index is 12.4. The van der Waals surface area contributed by atoms with E-state index in [1.807, 2.05) is 47.2 Å². The summed E-state index contributed by atoms with van der Waals surface area (Å²) in [7, 11) is -3.29. The average molecular weight is 750 g/mol. The first-order chi connectivity index (χ1) is 24.8. The molecule has 10 nitrogen and oxygen atoms in total. The Bertz CT molecular complexity index is 2700. The number of benzene rings is 4. The van der Waals surface area contributed by atoms with E-state index in [0.29, 0.717) is 58.7 Å². The van der Waals surface area contributed by atoms with E-state index in [0.717, 1.165) is 55.2 Å². The topological polar surface area (TPSA) is 150 Å². The van der Waals surface area contributed by atoms with Crippen LogP contribution in [-0.2, 0) is 22.9 Å². The van der Waals surface area contributed by atoms with E-state index in [1.165, 1.54) is 6.26 Å². The molecule has 0 unspecified atom stereocenters. The van der Waals surface area contributed by atoms with Gasteiger partial charge in [-0.3, -0.25) is 9.59 Å². The van der Waals surface area contributed by atoms with Crippen molar-refractivity contribution in [1.29, 1.82) is 10.5 Å². The molecule has 0 aliphatic carbocycles. The van der Waals surface area contributed by atoms with Crippen molar-refractivity contribution < 1.29 is 18.0 Å². The van der Waals surface area contributed by atoms with Gasteiger partial charge in [0, 0.05) is 64.4 Å². The number of hydrogen-bond donors (Lipinski definition) is 2. The molecule has 2 aliphatic heterocycles. The molecule has 2 amide bonds. The summed E-state index contributed by atoms with van der Waals surface area (Å²) in [6.07, 6.45) is 1.17. The van der Waals surface area contributed by atoms with Crippen LogP contribution < -0.4 is 10.6 Å². The minimum absolute atomic E-state index is 0.0893. The maximum Gasteiger partial charge on any atom is 0.268 e. The summed E-state index contributed by atoms with van der Waals surface area (Å²) in [5.74, 6) is -0.208. The number of carbonyl (C=O) groups excluding carboxylic acids is 2. The Hall–Kier alpha value is -5.59. The monoisotopic (exact) mass is 748 g/mol. The third-order valence-corrected chi connectivity index (χ3v) is 11.1. The number of rotatable bonds is 3. The molecule has 0 fully saturated rings. The number of nitriles is 2. The molecule has 0 saturated heterocycles. The van der Waals surface area contributed by atoms with Gasteiger partial charge in [0.25, 0.3) is 11.8 Å². The molecule has 13 heteroatoms. The third kappa shape index (κ3) is 5.97. The van der Waals surface area contributed by atoms with Crippen LogP contribution in [0.4, 0.5) is 0 Å². The van der Waals surface area contributed by atoms with Gasteiger partial charge in [-0.15, -0.1) is 0 Å². The number of sulfone groups is 1. The number of amides is 2. The fourth-order valence-electron chi connectivity index (χ4n) is 7.23. The highest BCUT2D eigenvalue weighted by Gasteiger charge is 2.27. The van der Waals surface area contributed by atoms with Gasteiger partial charge in [0.1, 0.15) is 11.4 Å². The first-order valence-corrected chi connectivity index (χ1v) is 18.9. The van der Waals surface area contributed by atoms with E-state index < -0.39 is 9.84 Å². The van der Waals surface area contributed by atoms with Gasteiger partial charge in [-0.2, -0.15) is 10.5 Å². The van der Waals surface area contributed by atoms with Crippen LogP contribution in [-0.4, -0.2) is 48.7 Å². The Morgan fingerprint density at radius 1 is 0.673 bits per heavy atom. The first-order valence-electron chi connectivity index (χ1n) is 16.3. The minimum Gasteiger partial charge on any atom is -0.349 e. The van der Waals surface area contributed by atoms with E-state index in [1.54, 1.807) is 42.5 Å². The van der Waals surface area contributed by atoms with E-state index in [9.17, 15) is 28.5 Å². The Kier molecular flexibility index (Phi) is 8.84. The van der Waals surface area contributed by atoms with Crippen molar-refractivity contribution in [3.05, 3.63) is 110 Å². The average Bonchev–Trinajstić information content (AvgIpc) is 3.58. The van der Waals surface area contributed by atoms with E-state index in [4.69, 9.17) is 23.2 Å². The van der Waals surface area contributed by atoms with E-state index in [-0.39, 0.29) is 16.7 Å². The van der Waals surface area contributed by atoms with Crippen LogP contribution in [0.25, 0.3) is 44.1 Å². The van der Waals surface area contributed by atoms with Crippen molar-refractivity contribution in [2.24, 2.45) is 0 Å². The normalized spacial score (nSPS) is 13.7. The molecule has 2 N–H and O–H groups in total. The van der Waals surface area contributed by atoms with Crippen LogP contribution in [0.15, 0.2) is 71.6 Å². The minimum atomic E-state index is -3.29. The molecule has 0 spiro atoms. The second-order valence-corrected chi connectivity index (χ2v) is 15.7. The van der Waals surface area contributed by atoms with Gasteiger partial charge in [0.15, 0.2) is 9.84 Å². The van der Waals surface area contributed by atoms with Crippen LogP contribution in [0.5, 0.6) is 0 Å². The van der Waals surface area contributed by atoms with Gasteiger partial charge in [-0.25, -0.2) is 8.42 Å². The lowest BCUT2D eigenvalue weighted by Crippen LogP contribution is -2.35. The lowest BCUT2D eigenvalue weighted by atomic mass is 9.99. The fraction of sp³-hybridized carbons (Fsp3) is 0.179. The van der Waals surface area contributed by atoms with E-state index >= 15 is 0 Å². The molecule has 2 aromatic heterocycles. The predicted molar refractivity (Wildman–Crippen MR) is 201 cm³/mol. The summed E-state index contributed by atoms with van der Waals surface area (Å²) in [5, 5.41) is 27.4. The molecule has 0 radical (unpaired) electrons. The largest absolute Gasteiger partial charge is 0.349 e. The molecule has 0 saturated carbocycles. The molecule has 0 bridgehead atoms. The second-order valence-electron chi connectivity index (χ2n) is 12.8. The Balaban J connectivity index is 0.000000162. The number of aromatic nitrogens is 2. The van der Waals surface area contributed by atoms with Crippen molar-refractivity contribution in [3.63, 3.8) is 0 Å². The molecule has 260 valence electrons. The quantitative estimate of drug-likeness (QED) is 0.196. The van der Waals surface area contributed by atoms with Crippen LogP contribution in [0, 0.1) is 36.5 Å². The Morgan fingerprint density at radius 2 is 1.12 bits per heavy atom. The van der Waals surface area contributed by atoms with Crippen LogP contribution in [0.1, 0.15) is 43.2 Å². The fourth-order valence-corrected chi connectivity index (χ4v) is 8.39. The first kappa shape index (κ1) is 34.8. The highest BCUT2D eigenvalue weighted by atomic mass is 35.5. The summed E-state index contributed by atoms with van der Waals surface area (Å²) in [4.78, 5) is 25.0. The highest BCUT2D eigenvalue weighted by molar-refractivity contribution is 7.90. The van der Waals surface area contributed by atoms with Crippen molar-refractivity contribution in [1.82, 2.24) is 19.8 Å². The SMILES string of the molecule is Cc1c2n(c3c(-c4cc(Cl)cc(Cl)c4)cc(C#N)cc13)CCNC2=O.Cc1c2n(c3c(-c4ccc(S(C)(=O)=O)cc4)cc(C#N)cc13)CCNC2=O. The molecule has 6 aromatic rings. The van der Waals surface area contributed by atoms with Crippen molar-refractivity contribution in [2.75, 3.05) is 19.3 Å². The maximum atomic E-state index is 12.4. The van der Waals surface area contributed by atoms with Gasteiger partial charge in [-0.05, 0) is 90.7 Å². The van der Waals surface area contributed by atoms with Gasteiger partial charge in [0.2, 0.25) is 0 Å². The number of nitrogens with one attached hydrogen (secondary N) is 2. The smallest absolute Gasteiger partial charge is 0.268 e. The molecule has 2 aliphatic rings. The van der Waals surface area contributed by atoms with Gasteiger partial charge < -0.3 is 19.8 Å². The highest BCUT2D eigenvalue weighted by Crippen LogP contribution is 2.39. The number of halogens is 2. The van der Waals surface area contributed by atoms with Gasteiger partial charge in [-0.1, -0.05) is 35.3 Å². The number of aryl methyl sites for hydroxylation is 2. The van der Waals surface area contributed by atoms with Crippen molar-refractivity contribution >= 4 is 66.7 Å². The predicted octanol–water partition coefficient (Wildman–Crippen LogP) is 7.17. The van der Waals surface area contributed by atoms with Gasteiger partial charge >= 0.3 is 0 Å². The second kappa shape index (κ2) is 13.2. The number of hydrogen-bond acceptors (Lipinski definition) is 6. The molecule has 8 rings (SSSR count). The van der Waals surface area contributed by atoms with Crippen LogP contribution in [0.2, 0.25) is 10.0 Å². The lowest BCUT2D eigenvalue weighted by Gasteiger charge is -2.18. The zero-order valence-electron chi connectivity index (χ0n) is 28.3. The van der Waals surface area contributed by atoms with Gasteiger partial charge in [0.05, 0.1) is 39.2 Å². The van der Waals surface area contributed by atoms with Crippen molar-refractivity contribution in [2.45, 2.75) is 31.8 Å². The summed E-state index contributed by atoms with van der Waals surface area (Å²) in [6, 6.07) is 23.5. The summed E-state index contributed by atoms with van der Waals surface area (Å²) >= 11 is 12.4. The standard InChI is InChI=1S/C20H17N3O3S.C19H13Cl2N3O/c1-12-16-9-13(11-21)10-17(14-3-5-15(6-4-14)27(2,25)26)19(16)23-8-7-22-20(24)18(12)23;1-10-15-4-11(9-22)5-16(12-6-13(20)8-14(21)7-12)18(15)24-3-2-23-19(25)17(10)24/h3-6,9-10H,7-8H2,1-2H3,(H,22,24);4-8H,2-3H2,1H3,(H,23,25). The van der Waals surface area contributed by atoms with Crippen molar-refractivity contribution in [3.8, 4) is 34.4 Å². The summed E-state index contributed by atoms with van der Waals surface area (Å²) < 4.78 is 27.5. The zero-order valence-corrected chi connectivity index (χ0v) is 30.6. The Morgan fingerprint density at radius 3 is 1.54 bits per heavy atom. The molecule has 4 heterocycles. The third-order valence-electron chi connectivity index (χ3n) is 9.52. The zero-order chi connectivity index (χ0) is 37.1. The summed E-state index contributed by atoms with van der Waals surface area (Å²) in [5.41, 5.74) is 9.11.